The van der Waals surface area contributed by atoms with Crippen molar-refractivity contribution in [1.29, 1.82) is 0 Å². The van der Waals surface area contributed by atoms with Gasteiger partial charge >= 0.3 is 6.01 Å². The highest BCUT2D eigenvalue weighted by molar-refractivity contribution is 7.99. The number of para-hydroxylation sites is 1. The maximum Gasteiger partial charge on any atom is 0.321 e. The van der Waals surface area contributed by atoms with Crippen molar-refractivity contribution in [3.63, 3.8) is 0 Å². The van der Waals surface area contributed by atoms with E-state index >= 15 is 0 Å². The van der Waals surface area contributed by atoms with Crippen LogP contribution in [-0.2, 0) is 21.9 Å². The summed E-state index contributed by atoms with van der Waals surface area (Å²) >= 11 is 1.15. The number of anilines is 2. The molecule has 0 aliphatic carbocycles. The van der Waals surface area contributed by atoms with Crippen LogP contribution in [0.25, 0.3) is 22.1 Å². The molecular weight excluding hydrogens is 544 g/mol. The highest BCUT2D eigenvalue weighted by Gasteiger charge is 2.18. The Labute approximate surface area is 227 Å². The third-order valence-electron chi connectivity index (χ3n) is 5.58. The van der Waals surface area contributed by atoms with Gasteiger partial charge in [0.2, 0.25) is 16.9 Å². The van der Waals surface area contributed by atoms with Crippen LogP contribution in [0.1, 0.15) is 0 Å². The monoisotopic (exact) mass is 566 g/mol. The van der Waals surface area contributed by atoms with Gasteiger partial charge < -0.3 is 19.4 Å². The molecule has 0 unspecified atom stereocenters. The molecule has 0 bridgehead atoms. The molecule has 0 fully saturated rings. The van der Waals surface area contributed by atoms with Crippen molar-refractivity contribution in [1.82, 2.24) is 29.7 Å². The predicted molar refractivity (Wildman–Crippen MR) is 146 cm³/mol. The van der Waals surface area contributed by atoms with Gasteiger partial charge in [0.15, 0.2) is 11.5 Å². The Morgan fingerprint density at radius 2 is 1.77 bits per heavy atom. The number of carbonyl (C=O) groups excluding carboxylic acids is 1. The lowest BCUT2D eigenvalue weighted by Crippen LogP contribution is -2.16. The van der Waals surface area contributed by atoms with E-state index in [2.05, 4.69) is 35.2 Å². The van der Waals surface area contributed by atoms with E-state index in [-0.39, 0.29) is 34.3 Å². The van der Waals surface area contributed by atoms with Gasteiger partial charge in [0.25, 0.3) is 10.0 Å². The Morgan fingerprint density at radius 3 is 2.51 bits per heavy atom. The normalized spacial score (nSPS) is 11.5. The highest BCUT2D eigenvalue weighted by atomic mass is 32.2. The number of aryl methyl sites for hydroxylation is 1. The topological polar surface area (TPSA) is 163 Å². The van der Waals surface area contributed by atoms with Gasteiger partial charge in [0.1, 0.15) is 5.52 Å². The molecule has 5 aromatic rings. The maximum absolute atomic E-state index is 12.8. The fourth-order valence-corrected chi connectivity index (χ4v) is 5.32. The molecule has 0 aliphatic rings. The number of nitrogens with zero attached hydrogens (tertiary/aromatic N) is 6. The van der Waals surface area contributed by atoms with Crippen LogP contribution in [0.5, 0.6) is 11.9 Å². The molecule has 15 heteroatoms. The average Bonchev–Trinajstić information content (AvgIpc) is 3.23. The summed E-state index contributed by atoms with van der Waals surface area (Å²) in [5, 5.41) is 12.5. The smallest absolute Gasteiger partial charge is 0.321 e. The second-order valence-electron chi connectivity index (χ2n) is 8.09. The van der Waals surface area contributed by atoms with E-state index < -0.39 is 10.0 Å². The fourth-order valence-electron chi connectivity index (χ4n) is 3.75. The number of fused-ring (bicyclic) bond motifs is 3. The summed E-state index contributed by atoms with van der Waals surface area (Å²) in [7, 11) is 0.665. The number of aromatic nitrogens is 6. The molecular formula is C24H22N8O5S2. The SMILES string of the molecule is COc1cc(NS(=O)(=O)c2ccc(NC(=O)CSc3nnc4c5ccccc5n(C)c4n3)cc2)nc(OC)n1. The molecule has 0 spiro atoms. The summed E-state index contributed by atoms with van der Waals surface area (Å²) in [6.45, 7) is 0. The molecule has 3 aromatic heterocycles. The molecule has 39 heavy (non-hydrogen) atoms. The maximum atomic E-state index is 12.8. The summed E-state index contributed by atoms with van der Waals surface area (Å²) in [6, 6.07) is 14.8. The number of nitrogens with one attached hydrogen (secondary N) is 2. The molecule has 0 saturated heterocycles. The summed E-state index contributed by atoms with van der Waals surface area (Å²) in [6.07, 6.45) is 0. The number of sulfonamides is 1. The van der Waals surface area contributed by atoms with Crippen molar-refractivity contribution in [2.24, 2.45) is 7.05 Å². The number of benzene rings is 2. The van der Waals surface area contributed by atoms with Gasteiger partial charge in [0, 0.05) is 24.2 Å². The Morgan fingerprint density at radius 1 is 1.00 bits per heavy atom. The van der Waals surface area contributed by atoms with Gasteiger partial charge in [-0.3, -0.25) is 9.52 Å². The quantitative estimate of drug-likeness (QED) is 0.252. The van der Waals surface area contributed by atoms with Crippen molar-refractivity contribution in [3.8, 4) is 11.9 Å². The van der Waals surface area contributed by atoms with E-state index in [9.17, 15) is 13.2 Å². The van der Waals surface area contributed by atoms with Crippen LogP contribution < -0.4 is 19.5 Å². The molecule has 0 saturated carbocycles. The first-order chi connectivity index (χ1) is 18.8. The first kappa shape index (κ1) is 26.1. The molecule has 1 amide bonds. The third kappa shape index (κ3) is 5.53. The minimum Gasteiger partial charge on any atom is -0.481 e. The summed E-state index contributed by atoms with van der Waals surface area (Å²) in [4.78, 5) is 24.9. The molecule has 3 heterocycles. The molecule has 2 aromatic carbocycles. The molecule has 0 atom stereocenters. The average molecular weight is 567 g/mol. The molecule has 200 valence electrons. The largest absolute Gasteiger partial charge is 0.481 e. The van der Waals surface area contributed by atoms with Gasteiger partial charge in [-0.15, -0.1) is 10.2 Å². The highest BCUT2D eigenvalue weighted by Crippen LogP contribution is 2.26. The van der Waals surface area contributed by atoms with Crippen LogP contribution in [0.15, 0.2) is 64.6 Å². The van der Waals surface area contributed by atoms with Crippen LogP contribution in [0, 0.1) is 0 Å². The van der Waals surface area contributed by atoms with Gasteiger partial charge in [0.05, 0.1) is 30.4 Å². The lowest BCUT2D eigenvalue weighted by Gasteiger charge is -2.10. The van der Waals surface area contributed by atoms with E-state index in [0.717, 1.165) is 22.7 Å². The molecule has 0 radical (unpaired) electrons. The summed E-state index contributed by atoms with van der Waals surface area (Å²) in [5.41, 5.74) is 2.79. The first-order valence-corrected chi connectivity index (χ1v) is 13.8. The van der Waals surface area contributed by atoms with Gasteiger partial charge in [-0.2, -0.15) is 9.97 Å². The zero-order valence-corrected chi connectivity index (χ0v) is 22.6. The first-order valence-electron chi connectivity index (χ1n) is 11.4. The number of hydrogen-bond acceptors (Lipinski definition) is 11. The minimum atomic E-state index is -3.98. The predicted octanol–water partition coefficient (Wildman–Crippen LogP) is 2.86. The van der Waals surface area contributed by atoms with Gasteiger partial charge in [-0.05, 0) is 30.3 Å². The van der Waals surface area contributed by atoms with E-state index in [1.54, 1.807) is 0 Å². The lowest BCUT2D eigenvalue weighted by molar-refractivity contribution is -0.113. The van der Waals surface area contributed by atoms with Crippen LogP contribution in [0.2, 0.25) is 0 Å². The van der Waals surface area contributed by atoms with Crippen molar-refractivity contribution in [2.75, 3.05) is 30.0 Å². The van der Waals surface area contributed by atoms with Crippen LogP contribution in [-0.4, -0.2) is 64.0 Å². The lowest BCUT2D eigenvalue weighted by atomic mass is 10.2. The summed E-state index contributed by atoms with van der Waals surface area (Å²) in [5.74, 6) is -0.161. The van der Waals surface area contributed by atoms with Crippen molar-refractivity contribution in [2.45, 2.75) is 10.1 Å². The van der Waals surface area contributed by atoms with Gasteiger partial charge in [-0.25, -0.2) is 13.4 Å². The van der Waals surface area contributed by atoms with Crippen LogP contribution in [0.4, 0.5) is 11.5 Å². The fraction of sp³-hybridized carbons (Fsp3) is 0.167. The number of ether oxygens (including phenoxy) is 2. The number of thioether (sulfide) groups is 1. The Hall–Kier alpha value is -4.50. The van der Waals surface area contributed by atoms with E-state index in [0.29, 0.717) is 22.0 Å². The molecule has 0 aliphatic heterocycles. The number of rotatable bonds is 9. The van der Waals surface area contributed by atoms with E-state index in [1.165, 1.54) is 44.6 Å². The number of methoxy groups -OCH3 is 2. The Kier molecular flexibility index (Phi) is 7.17. The number of carbonyl (C=O) groups is 1. The molecule has 13 nitrogen and oxygen atoms in total. The van der Waals surface area contributed by atoms with Crippen molar-refractivity contribution >= 4 is 61.3 Å². The second-order valence-corrected chi connectivity index (χ2v) is 10.7. The van der Waals surface area contributed by atoms with E-state index in [4.69, 9.17) is 9.47 Å². The molecule has 2 N–H and O–H groups in total. The van der Waals surface area contributed by atoms with Crippen LogP contribution >= 0.6 is 11.8 Å². The zero-order valence-electron chi connectivity index (χ0n) is 20.9. The molecule has 5 rings (SSSR count). The Bertz CT molecular complexity index is 1770. The number of hydrogen-bond donors (Lipinski definition) is 2. The van der Waals surface area contributed by atoms with Crippen molar-refractivity contribution in [3.05, 3.63) is 54.6 Å². The minimum absolute atomic E-state index is 0.0218. The Balaban J connectivity index is 1.22. The third-order valence-corrected chi connectivity index (χ3v) is 7.79. The van der Waals surface area contributed by atoms with Crippen molar-refractivity contribution < 1.29 is 22.7 Å². The van der Waals surface area contributed by atoms with Crippen LogP contribution in [0.3, 0.4) is 0 Å². The van der Waals surface area contributed by atoms with E-state index in [1.807, 2.05) is 35.9 Å². The number of amides is 1. The van der Waals surface area contributed by atoms with Gasteiger partial charge in [-0.1, -0.05) is 30.0 Å². The standard InChI is InChI=1S/C24H22N8O5S2/c1-32-17-7-5-4-6-16(17)21-22(32)28-24(30-29-21)38-13-19(33)25-14-8-10-15(11-9-14)39(34,35)31-18-12-20(36-2)27-23(26-18)37-3/h4-12H,13H2,1-3H3,(H,25,33)(H,26,27,31). The zero-order chi connectivity index (χ0) is 27.6. The summed E-state index contributed by atoms with van der Waals surface area (Å²) < 4.78 is 39.9. The second kappa shape index (κ2) is 10.7.